The van der Waals surface area contributed by atoms with E-state index >= 15 is 0 Å². The van der Waals surface area contributed by atoms with Gasteiger partial charge < -0.3 is 14.2 Å². The standard InChI is InChI=1S/C65H102O6/c1-4-7-10-13-16-19-22-25-28-31-32-35-37-40-43-46-49-52-55-58-64(67)70-61-62(71-65(68)59-56-53-50-47-44-41-38-34-30-27-24-21-18-15-12-9-6-3)60-69-63(66)57-54-51-48-45-42-39-36-33-29-26-23-20-17-14-11-8-5-2/h9,12,15-22,24-27,29-30,34,36,38-39,41,44-45,48,62H,4-8,10-11,13-14,23,28,31-33,35,37,40,42-43,46-47,49-61H2,1-3H3/b12-9-,18-15-,19-16-,20-17-,24-21-,25-22-,29-26-,30-27-,38-34+,39-36-,44-41-,48-45-. The molecule has 0 N–H and O–H groups in total. The molecule has 0 aromatic heterocycles. The number of carbonyl (C=O) groups is 3. The van der Waals surface area contributed by atoms with Gasteiger partial charge in [-0.25, -0.2) is 0 Å². The van der Waals surface area contributed by atoms with Gasteiger partial charge in [-0.05, 0) is 103 Å². The van der Waals surface area contributed by atoms with Crippen LogP contribution in [0.25, 0.3) is 0 Å². The summed E-state index contributed by atoms with van der Waals surface area (Å²) >= 11 is 0. The van der Waals surface area contributed by atoms with Crippen LogP contribution < -0.4 is 0 Å². The van der Waals surface area contributed by atoms with E-state index in [4.69, 9.17) is 14.2 Å². The Morgan fingerprint density at radius 1 is 0.310 bits per heavy atom. The van der Waals surface area contributed by atoms with Crippen molar-refractivity contribution >= 4 is 17.9 Å². The van der Waals surface area contributed by atoms with Crippen molar-refractivity contribution in [2.24, 2.45) is 0 Å². The normalized spacial score (nSPS) is 13.2. The topological polar surface area (TPSA) is 78.9 Å². The summed E-state index contributed by atoms with van der Waals surface area (Å²) in [5, 5.41) is 0. The summed E-state index contributed by atoms with van der Waals surface area (Å²) in [6.07, 6.45) is 82.6. The Morgan fingerprint density at radius 3 is 1.07 bits per heavy atom. The molecule has 0 aliphatic rings. The summed E-state index contributed by atoms with van der Waals surface area (Å²) < 4.78 is 16.8. The first-order valence-corrected chi connectivity index (χ1v) is 28.4. The molecule has 71 heavy (non-hydrogen) atoms. The Bertz CT molecular complexity index is 1590. The van der Waals surface area contributed by atoms with Crippen LogP contribution in [0.3, 0.4) is 0 Å². The monoisotopic (exact) mass is 979 g/mol. The summed E-state index contributed by atoms with van der Waals surface area (Å²) in [6.45, 7) is 6.34. The van der Waals surface area contributed by atoms with Crippen molar-refractivity contribution in [2.45, 2.75) is 232 Å². The molecule has 0 heterocycles. The summed E-state index contributed by atoms with van der Waals surface area (Å²) in [7, 11) is 0. The van der Waals surface area contributed by atoms with E-state index in [0.29, 0.717) is 19.3 Å². The summed E-state index contributed by atoms with van der Waals surface area (Å²) in [6, 6.07) is 0. The first-order chi connectivity index (χ1) is 35.0. The molecule has 1 atom stereocenters. The highest BCUT2D eigenvalue weighted by Gasteiger charge is 2.19. The van der Waals surface area contributed by atoms with Gasteiger partial charge in [0, 0.05) is 19.3 Å². The predicted octanol–water partition coefficient (Wildman–Crippen LogP) is 19.2. The molecule has 0 saturated heterocycles. The van der Waals surface area contributed by atoms with Gasteiger partial charge in [0.2, 0.25) is 0 Å². The maximum atomic E-state index is 12.8. The number of unbranched alkanes of at least 4 members (excludes halogenated alkanes) is 20. The minimum Gasteiger partial charge on any atom is -0.462 e. The Kier molecular flexibility index (Phi) is 54.0. The van der Waals surface area contributed by atoms with Gasteiger partial charge in [0.05, 0.1) is 0 Å². The number of esters is 3. The van der Waals surface area contributed by atoms with Crippen LogP contribution in [-0.2, 0) is 28.6 Å². The Morgan fingerprint density at radius 2 is 0.620 bits per heavy atom. The smallest absolute Gasteiger partial charge is 0.306 e. The van der Waals surface area contributed by atoms with Gasteiger partial charge in [0.25, 0.3) is 0 Å². The number of hydrogen-bond acceptors (Lipinski definition) is 6. The zero-order chi connectivity index (χ0) is 51.4. The van der Waals surface area contributed by atoms with Crippen molar-refractivity contribution < 1.29 is 28.6 Å². The van der Waals surface area contributed by atoms with Crippen LogP contribution in [0.5, 0.6) is 0 Å². The largest absolute Gasteiger partial charge is 0.462 e. The number of carbonyl (C=O) groups excluding carboxylic acids is 3. The number of ether oxygens (including phenoxy) is 3. The van der Waals surface area contributed by atoms with E-state index in [2.05, 4.69) is 106 Å². The lowest BCUT2D eigenvalue weighted by Gasteiger charge is -2.18. The second-order valence-electron chi connectivity index (χ2n) is 18.3. The highest BCUT2D eigenvalue weighted by atomic mass is 16.6. The van der Waals surface area contributed by atoms with Crippen molar-refractivity contribution in [2.75, 3.05) is 13.2 Å². The second-order valence-corrected chi connectivity index (χ2v) is 18.3. The third-order valence-corrected chi connectivity index (χ3v) is 11.5. The fourth-order valence-electron chi connectivity index (χ4n) is 7.22. The highest BCUT2D eigenvalue weighted by molar-refractivity contribution is 5.71. The average Bonchev–Trinajstić information content (AvgIpc) is 3.37. The highest BCUT2D eigenvalue weighted by Crippen LogP contribution is 2.14. The lowest BCUT2D eigenvalue weighted by Crippen LogP contribution is -2.30. The molecule has 0 spiro atoms. The molecule has 0 fully saturated rings. The van der Waals surface area contributed by atoms with E-state index in [-0.39, 0.29) is 44.0 Å². The van der Waals surface area contributed by atoms with Gasteiger partial charge in [0.15, 0.2) is 6.10 Å². The first kappa shape index (κ1) is 66.3. The quantitative estimate of drug-likeness (QED) is 0.0199. The van der Waals surface area contributed by atoms with Gasteiger partial charge in [-0.3, -0.25) is 14.4 Å². The summed E-state index contributed by atoms with van der Waals surface area (Å²) in [5.41, 5.74) is 0. The van der Waals surface area contributed by atoms with E-state index in [0.717, 1.165) is 70.6 Å². The fraction of sp³-hybridized carbons (Fsp3) is 0.585. The lowest BCUT2D eigenvalue weighted by atomic mass is 10.1. The molecular formula is C65H102O6. The van der Waals surface area contributed by atoms with Gasteiger partial charge in [-0.2, -0.15) is 0 Å². The molecule has 398 valence electrons. The van der Waals surface area contributed by atoms with E-state index in [9.17, 15) is 14.4 Å². The minimum absolute atomic E-state index is 0.121. The number of hydrogen-bond donors (Lipinski definition) is 0. The molecule has 0 saturated carbocycles. The van der Waals surface area contributed by atoms with Crippen LogP contribution in [0.15, 0.2) is 146 Å². The molecule has 0 aliphatic heterocycles. The molecule has 6 heteroatoms. The summed E-state index contributed by atoms with van der Waals surface area (Å²) in [5.74, 6) is -1.03. The van der Waals surface area contributed by atoms with Crippen LogP contribution in [0, 0.1) is 0 Å². The Balaban J connectivity index is 4.58. The summed E-state index contributed by atoms with van der Waals surface area (Å²) in [4.78, 5) is 38.1. The van der Waals surface area contributed by atoms with Gasteiger partial charge in [-0.15, -0.1) is 0 Å². The van der Waals surface area contributed by atoms with Gasteiger partial charge in [-0.1, -0.05) is 250 Å². The fourth-order valence-corrected chi connectivity index (χ4v) is 7.22. The van der Waals surface area contributed by atoms with E-state index < -0.39 is 6.10 Å². The molecule has 0 radical (unpaired) electrons. The number of allylic oxidation sites excluding steroid dienone is 24. The average molecular weight is 980 g/mol. The van der Waals surface area contributed by atoms with Crippen LogP contribution in [0.2, 0.25) is 0 Å². The first-order valence-electron chi connectivity index (χ1n) is 28.4. The molecule has 1 unspecified atom stereocenters. The second kappa shape index (κ2) is 57.9. The van der Waals surface area contributed by atoms with Crippen molar-refractivity contribution in [1.29, 1.82) is 0 Å². The van der Waals surface area contributed by atoms with E-state index in [1.807, 2.05) is 60.8 Å². The third kappa shape index (κ3) is 56.1. The van der Waals surface area contributed by atoms with Crippen molar-refractivity contribution in [3.8, 4) is 0 Å². The van der Waals surface area contributed by atoms with Crippen molar-refractivity contribution in [3.63, 3.8) is 0 Å². The molecule has 0 aromatic carbocycles. The predicted molar refractivity (Wildman–Crippen MR) is 306 cm³/mol. The maximum Gasteiger partial charge on any atom is 0.306 e. The van der Waals surface area contributed by atoms with Crippen LogP contribution in [0.1, 0.15) is 226 Å². The van der Waals surface area contributed by atoms with Gasteiger partial charge in [0.1, 0.15) is 13.2 Å². The number of rotatable bonds is 49. The zero-order valence-corrected chi connectivity index (χ0v) is 45.4. The third-order valence-electron chi connectivity index (χ3n) is 11.5. The molecule has 0 amide bonds. The van der Waals surface area contributed by atoms with Crippen LogP contribution in [-0.4, -0.2) is 37.2 Å². The van der Waals surface area contributed by atoms with Crippen molar-refractivity contribution in [3.05, 3.63) is 146 Å². The van der Waals surface area contributed by atoms with Crippen LogP contribution in [0.4, 0.5) is 0 Å². The van der Waals surface area contributed by atoms with Crippen LogP contribution >= 0.6 is 0 Å². The lowest BCUT2D eigenvalue weighted by molar-refractivity contribution is -0.167. The molecule has 0 rings (SSSR count). The van der Waals surface area contributed by atoms with E-state index in [1.165, 1.54) is 103 Å². The maximum absolute atomic E-state index is 12.8. The van der Waals surface area contributed by atoms with Crippen molar-refractivity contribution in [1.82, 2.24) is 0 Å². The molecule has 0 bridgehead atoms. The Labute approximate surface area is 436 Å². The van der Waals surface area contributed by atoms with Gasteiger partial charge >= 0.3 is 17.9 Å². The molecule has 6 nitrogen and oxygen atoms in total. The Hall–Kier alpha value is -4.71. The SMILES string of the molecule is CC\C=C/C=C\C=C/C=C\C=C\C=C/CCCCCC(=O)OC(COC(=O)CCC/C=C\C/C=C\C/C=C\C/C=C\CCCCC)COC(=O)CCCCCCCCCCCC/C=C\C=C/CCCCC. The van der Waals surface area contributed by atoms with E-state index in [1.54, 1.807) is 0 Å². The zero-order valence-electron chi connectivity index (χ0n) is 45.4. The minimum atomic E-state index is -0.832. The molecular weight excluding hydrogens is 877 g/mol. The molecule has 0 aromatic rings. The molecule has 0 aliphatic carbocycles.